The van der Waals surface area contributed by atoms with Crippen molar-refractivity contribution in [2.75, 3.05) is 76.8 Å². The lowest BCUT2D eigenvalue weighted by Crippen LogP contribution is -2.62. The van der Waals surface area contributed by atoms with Crippen LogP contribution in [-0.2, 0) is 20.2 Å². The maximum Gasteiger partial charge on any atom is 0.316 e. The lowest BCUT2D eigenvalue weighted by Gasteiger charge is -2.41. The minimum absolute atomic E-state index is 0.102. The lowest BCUT2D eigenvalue weighted by atomic mass is 10.1. The summed E-state index contributed by atoms with van der Waals surface area (Å²) in [7, 11) is -6.26. The molecule has 2 aromatic carbocycles. The second-order valence-electron chi connectivity index (χ2n) is 13.3. The van der Waals surface area contributed by atoms with Crippen LogP contribution in [0, 0.1) is 0 Å². The molecule has 2 atom stereocenters. The number of anilines is 1. The summed E-state index contributed by atoms with van der Waals surface area (Å²) in [6.45, 7) is 13.4. The molecule has 0 amide bonds. The Balaban J connectivity index is 1.73. The molecule has 0 fully saturated rings. The second kappa shape index (κ2) is 20.2. The van der Waals surface area contributed by atoms with E-state index in [9.17, 15) is 25.9 Å². The number of hydrogen-bond donors (Lipinski definition) is 2. The highest BCUT2D eigenvalue weighted by molar-refractivity contribution is 7.86. The standard InChI is InChI=1S/C40H54N4O12S2/c1-9-51-35-19-28(20-36(52-10-2)39(35)55-13-5)33-17-15-30(23-41-33)43(7)25-32(26-57(45,46)47)44(8,27-58(48,49)50)31-16-18-34(42-24-31)29-21-37(53-11-3)40(56-14-6)38(22-29)54-12-4/h15-24,32H,9-14,25-27H2,1-8H3,(H-,45,46,47,48,49,50)/p+1. The summed E-state index contributed by atoms with van der Waals surface area (Å²) >= 11 is 0. The average molecular weight is 848 g/mol. The third-order valence-corrected chi connectivity index (χ3v) is 10.7. The van der Waals surface area contributed by atoms with Gasteiger partial charge in [-0.05, 0) is 84.0 Å². The topological polar surface area (TPSA) is 193 Å². The van der Waals surface area contributed by atoms with Gasteiger partial charge in [0.2, 0.25) is 17.4 Å². The summed E-state index contributed by atoms with van der Waals surface area (Å²) in [5.41, 5.74) is 3.19. The van der Waals surface area contributed by atoms with Crippen molar-refractivity contribution in [3.63, 3.8) is 0 Å². The zero-order chi connectivity index (χ0) is 42.7. The zero-order valence-electron chi connectivity index (χ0n) is 34.3. The molecule has 0 aliphatic carbocycles. The van der Waals surface area contributed by atoms with Gasteiger partial charge in [0.05, 0.1) is 82.7 Å². The molecule has 2 unspecified atom stereocenters. The Hall–Kier alpha value is -4.88. The Morgan fingerprint density at radius 2 is 1.03 bits per heavy atom. The maximum atomic E-state index is 12.6. The molecule has 0 bridgehead atoms. The number of pyridine rings is 2. The first-order chi connectivity index (χ1) is 27.5. The van der Waals surface area contributed by atoms with Gasteiger partial charge in [-0.25, -0.2) is 0 Å². The van der Waals surface area contributed by atoms with Crippen LogP contribution in [0.25, 0.3) is 22.5 Å². The Morgan fingerprint density at radius 1 is 0.621 bits per heavy atom. The fourth-order valence-corrected chi connectivity index (χ4v) is 8.46. The summed E-state index contributed by atoms with van der Waals surface area (Å²) in [4.78, 5) is 11.0. The summed E-state index contributed by atoms with van der Waals surface area (Å²) in [6, 6.07) is 12.8. The number of hydrogen-bond acceptors (Lipinski definition) is 13. The highest BCUT2D eigenvalue weighted by atomic mass is 32.2. The molecule has 2 aromatic heterocycles. The molecule has 0 aliphatic heterocycles. The summed E-state index contributed by atoms with van der Waals surface area (Å²) in [5, 5.41) is 0. The van der Waals surface area contributed by atoms with Crippen LogP contribution in [0.2, 0.25) is 0 Å². The van der Waals surface area contributed by atoms with Gasteiger partial charge in [0.15, 0.2) is 28.7 Å². The van der Waals surface area contributed by atoms with Gasteiger partial charge in [-0.1, -0.05) is 0 Å². The van der Waals surface area contributed by atoms with Gasteiger partial charge >= 0.3 is 10.1 Å². The Morgan fingerprint density at radius 3 is 1.36 bits per heavy atom. The van der Waals surface area contributed by atoms with Crippen molar-refractivity contribution < 1.29 is 54.4 Å². The predicted molar refractivity (Wildman–Crippen MR) is 224 cm³/mol. The van der Waals surface area contributed by atoms with Crippen molar-refractivity contribution in [1.82, 2.24) is 14.5 Å². The normalized spacial score (nSPS) is 13.3. The van der Waals surface area contributed by atoms with Gasteiger partial charge in [0.25, 0.3) is 10.1 Å². The highest BCUT2D eigenvalue weighted by Gasteiger charge is 2.42. The van der Waals surface area contributed by atoms with Crippen LogP contribution in [0.3, 0.4) is 0 Å². The predicted octanol–water partition coefficient (Wildman–Crippen LogP) is 6.38. The van der Waals surface area contributed by atoms with Crippen molar-refractivity contribution in [2.45, 2.75) is 47.6 Å². The largest absolute Gasteiger partial charge is 0.490 e. The molecule has 0 spiro atoms. The van der Waals surface area contributed by atoms with Gasteiger partial charge in [-0.2, -0.15) is 16.8 Å². The molecule has 18 heteroatoms. The number of rotatable bonds is 23. The molecule has 4 aromatic rings. The molecule has 0 radical (unpaired) electrons. The molecular formula is C40H55N4O12S2+. The summed E-state index contributed by atoms with van der Waals surface area (Å²) in [5.74, 6) is 1.09. The molecule has 318 valence electrons. The van der Waals surface area contributed by atoms with Crippen LogP contribution in [0.4, 0.5) is 11.4 Å². The minimum Gasteiger partial charge on any atom is -0.490 e. The SMILES string of the molecule is CCOc1cc(-c2ccc(N(C)CC(CS(=O)(=O)O)[N+](C)(CS(=O)(=O)O)c3ccc(-c4cc(OCC)c(OCC)c(OCC)c4)nc3)cn2)cc(OCC)c1OCC. The molecule has 4 rings (SSSR count). The molecule has 0 aliphatic rings. The van der Waals surface area contributed by atoms with Crippen LogP contribution in [0.1, 0.15) is 41.5 Å². The monoisotopic (exact) mass is 847 g/mol. The van der Waals surface area contributed by atoms with Crippen molar-refractivity contribution >= 4 is 31.6 Å². The van der Waals surface area contributed by atoms with Gasteiger partial charge in [-0.3, -0.25) is 23.6 Å². The van der Waals surface area contributed by atoms with E-state index in [-0.39, 0.29) is 12.2 Å². The van der Waals surface area contributed by atoms with Crippen LogP contribution < -0.4 is 37.8 Å². The van der Waals surface area contributed by atoms with E-state index in [1.54, 1.807) is 54.5 Å². The van der Waals surface area contributed by atoms with E-state index in [2.05, 4.69) is 9.97 Å². The van der Waals surface area contributed by atoms with E-state index >= 15 is 0 Å². The third-order valence-electron chi connectivity index (χ3n) is 9.06. The second-order valence-corrected chi connectivity index (χ2v) is 16.2. The Bertz CT molecular complexity index is 2130. The van der Waals surface area contributed by atoms with E-state index in [1.165, 1.54) is 13.2 Å². The van der Waals surface area contributed by atoms with Crippen LogP contribution in [0.5, 0.6) is 34.5 Å². The first-order valence-electron chi connectivity index (χ1n) is 19.0. The van der Waals surface area contributed by atoms with Crippen LogP contribution in [-0.4, -0.2) is 114 Å². The van der Waals surface area contributed by atoms with Crippen molar-refractivity contribution in [1.29, 1.82) is 0 Å². The van der Waals surface area contributed by atoms with E-state index < -0.39 is 42.4 Å². The van der Waals surface area contributed by atoms with Gasteiger partial charge < -0.3 is 33.3 Å². The molecule has 2 heterocycles. The lowest BCUT2D eigenvalue weighted by molar-refractivity contribution is 0.261. The first kappa shape index (κ1) is 45.8. The molecular weight excluding hydrogens is 793 g/mol. The zero-order valence-corrected chi connectivity index (χ0v) is 35.9. The molecule has 0 saturated heterocycles. The number of ether oxygens (including phenoxy) is 6. The number of aromatic nitrogens is 2. The summed E-state index contributed by atoms with van der Waals surface area (Å²) < 4.78 is 105. The molecule has 2 N–H and O–H groups in total. The minimum atomic E-state index is -4.73. The van der Waals surface area contributed by atoms with Crippen molar-refractivity contribution in [3.8, 4) is 57.0 Å². The highest BCUT2D eigenvalue weighted by Crippen LogP contribution is 2.43. The number of likely N-dealkylation sites (N-methyl/N-ethyl adjacent to an activating group) is 2. The molecule has 0 saturated carbocycles. The van der Waals surface area contributed by atoms with Crippen molar-refractivity contribution in [2.24, 2.45) is 0 Å². The van der Waals surface area contributed by atoms with Crippen LogP contribution >= 0.6 is 0 Å². The van der Waals surface area contributed by atoms with E-state index in [0.717, 1.165) is 0 Å². The Kier molecular flexibility index (Phi) is 16.0. The quantitative estimate of drug-likeness (QED) is 0.0617. The molecule has 58 heavy (non-hydrogen) atoms. The van der Waals surface area contributed by atoms with Gasteiger partial charge in [-0.15, -0.1) is 0 Å². The number of nitrogens with zero attached hydrogens (tertiary/aromatic N) is 4. The number of benzene rings is 2. The van der Waals surface area contributed by atoms with E-state index in [1.807, 2.05) is 53.7 Å². The number of quaternary nitrogens is 1. The van der Waals surface area contributed by atoms with Crippen LogP contribution in [0.15, 0.2) is 60.9 Å². The Labute approximate surface area is 341 Å². The average Bonchev–Trinajstić information content (AvgIpc) is 3.16. The van der Waals surface area contributed by atoms with Gasteiger partial charge in [0.1, 0.15) is 11.8 Å². The van der Waals surface area contributed by atoms with Gasteiger partial charge in [0, 0.05) is 24.2 Å². The fraction of sp³-hybridized carbons (Fsp3) is 0.450. The van der Waals surface area contributed by atoms with E-state index in [0.29, 0.717) is 102 Å². The maximum absolute atomic E-state index is 12.6. The third kappa shape index (κ3) is 11.8. The smallest absolute Gasteiger partial charge is 0.316 e. The first-order valence-corrected chi connectivity index (χ1v) is 22.2. The van der Waals surface area contributed by atoms with E-state index in [4.69, 9.17) is 28.4 Å². The fourth-order valence-electron chi connectivity index (χ4n) is 6.51. The molecule has 16 nitrogen and oxygen atoms in total. The summed E-state index contributed by atoms with van der Waals surface area (Å²) in [6.07, 6.45) is 3.00. The van der Waals surface area contributed by atoms with Crippen molar-refractivity contribution in [3.05, 3.63) is 60.9 Å².